The fourth-order valence-electron chi connectivity index (χ4n) is 1.36. The molecule has 0 saturated carbocycles. The number of hydrogen-bond donors (Lipinski definition) is 1. The third-order valence-corrected chi connectivity index (χ3v) is 3.18. The average Bonchev–Trinajstić information content (AvgIpc) is 2.67. The van der Waals surface area contributed by atoms with Gasteiger partial charge in [0.2, 0.25) is 0 Å². The van der Waals surface area contributed by atoms with E-state index in [1.54, 1.807) is 11.3 Å². The van der Waals surface area contributed by atoms with E-state index in [4.69, 9.17) is 0 Å². The van der Waals surface area contributed by atoms with Crippen LogP contribution >= 0.6 is 11.3 Å². The first-order valence-electron chi connectivity index (χ1n) is 4.51. The molecule has 2 rings (SSSR count). The van der Waals surface area contributed by atoms with E-state index in [0.717, 1.165) is 5.13 Å². The van der Waals surface area contributed by atoms with Gasteiger partial charge in [-0.1, -0.05) is 35.6 Å². The lowest BCUT2D eigenvalue weighted by Crippen LogP contribution is -1.83. The molecule has 0 amide bonds. The van der Waals surface area contributed by atoms with Gasteiger partial charge in [0.25, 0.3) is 0 Å². The lowest BCUT2D eigenvalue weighted by molar-refractivity contribution is 1.36. The minimum absolute atomic E-state index is 0.961. The van der Waals surface area contributed by atoms with Crippen LogP contribution in [0.2, 0.25) is 0 Å². The minimum Gasteiger partial charge on any atom is -0.365 e. The number of anilines is 1. The molecule has 3 heteroatoms. The van der Waals surface area contributed by atoms with Gasteiger partial charge in [-0.05, 0) is 18.1 Å². The summed E-state index contributed by atoms with van der Waals surface area (Å²) in [5, 5.41) is 4.01. The number of thiazole rings is 1. The molecule has 1 N–H and O–H groups in total. The first-order chi connectivity index (χ1) is 6.81. The lowest BCUT2D eigenvalue weighted by atomic mass is 10.1. The van der Waals surface area contributed by atoms with Crippen molar-refractivity contribution in [3.8, 4) is 10.4 Å². The van der Waals surface area contributed by atoms with E-state index in [1.165, 1.54) is 16.0 Å². The summed E-state index contributed by atoms with van der Waals surface area (Å²) >= 11 is 1.68. The fourth-order valence-corrected chi connectivity index (χ4v) is 2.22. The third kappa shape index (κ3) is 1.63. The van der Waals surface area contributed by atoms with E-state index >= 15 is 0 Å². The van der Waals surface area contributed by atoms with E-state index < -0.39 is 0 Å². The number of aryl methyl sites for hydroxylation is 1. The quantitative estimate of drug-likeness (QED) is 0.812. The predicted molar refractivity (Wildman–Crippen MR) is 61.8 cm³/mol. The molecule has 0 aliphatic rings. The Balaban J connectivity index is 2.44. The number of hydrogen-bond acceptors (Lipinski definition) is 3. The summed E-state index contributed by atoms with van der Waals surface area (Å²) < 4.78 is 0. The van der Waals surface area contributed by atoms with Crippen molar-refractivity contribution in [1.82, 2.24) is 4.98 Å². The van der Waals surface area contributed by atoms with E-state index in [1.807, 2.05) is 13.2 Å². The molecular formula is C11H12N2S. The number of nitrogens with zero attached hydrogens (tertiary/aromatic N) is 1. The van der Waals surface area contributed by atoms with Crippen molar-refractivity contribution in [2.75, 3.05) is 12.4 Å². The van der Waals surface area contributed by atoms with Crippen LogP contribution in [0.5, 0.6) is 0 Å². The Hall–Kier alpha value is -1.35. The predicted octanol–water partition coefficient (Wildman–Crippen LogP) is 3.16. The maximum Gasteiger partial charge on any atom is 0.182 e. The Labute approximate surface area is 87.6 Å². The average molecular weight is 204 g/mol. The Morgan fingerprint density at radius 2 is 2.07 bits per heavy atom. The van der Waals surface area contributed by atoms with Crippen LogP contribution in [0.3, 0.4) is 0 Å². The van der Waals surface area contributed by atoms with Gasteiger partial charge in [-0.15, -0.1) is 0 Å². The number of aromatic nitrogens is 1. The minimum atomic E-state index is 0.961. The standard InChI is InChI=1S/C11H12N2S/c1-8-5-3-4-6-9(8)10-7-13-11(12-2)14-10/h3-7H,1-2H3,(H,12,13). The van der Waals surface area contributed by atoms with Gasteiger partial charge >= 0.3 is 0 Å². The molecule has 0 bridgehead atoms. The van der Waals surface area contributed by atoms with Crippen molar-refractivity contribution in [3.05, 3.63) is 36.0 Å². The first kappa shape index (κ1) is 9.21. The molecule has 2 aromatic rings. The van der Waals surface area contributed by atoms with Crippen LogP contribution < -0.4 is 5.32 Å². The van der Waals surface area contributed by atoms with Crippen LogP contribution in [-0.2, 0) is 0 Å². The molecule has 0 unspecified atom stereocenters. The summed E-state index contributed by atoms with van der Waals surface area (Å²) in [6, 6.07) is 8.36. The Kier molecular flexibility index (Phi) is 2.50. The molecule has 1 heterocycles. The van der Waals surface area contributed by atoms with Crippen molar-refractivity contribution < 1.29 is 0 Å². The summed E-state index contributed by atoms with van der Waals surface area (Å²) in [7, 11) is 1.89. The van der Waals surface area contributed by atoms with Gasteiger partial charge in [0.1, 0.15) is 0 Å². The normalized spacial score (nSPS) is 10.1. The van der Waals surface area contributed by atoms with Crippen molar-refractivity contribution in [2.24, 2.45) is 0 Å². The monoisotopic (exact) mass is 204 g/mol. The Morgan fingerprint density at radius 1 is 1.29 bits per heavy atom. The highest BCUT2D eigenvalue weighted by Gasteiger charge is 2.04. The zero-order valence-corrected chi connectivity index (χ0v) is 9.06. The fraction of sp³-hybridized carbons (Fsp3) is 0.182. The molecule has 0 aliphatic heterocycles. The van der Waals surface area contributed by atoms with E-state index in [2.05, 4.69) is 41.5 Å². The maximum absolute atomic E-state index is 4.26. The molecule has 0 saturated heterocycles. The van der Waals surface area contributed by atoms with Crippen molar-refractivity contribution >= 4 is 16.5 Å². The molecule has 0 atom stereocenters. The first-order valence-corrected chi connectivity index (χ1v) is 5.32. The molecular weight excluding hydrogens is 192 g/mol. The molecule has 0 spiro atoms. The number of benzene rings is 1. The summed E-state index contributed by atoms with van der Waals surface area (Å²) in [4.78, 5) is 5.47. The van der Waals surface area contributed by atoms with Gasteiger partial charge in [0.05, 0.1) is 4.88 Å². The molecule has 1 aromatic heterocycles. The molecule has 2 nitrogen and oxygen atoms in total. The van der Waals surface area contributed by atoms with Crippen LogP contribution in [0.25, 0.3) is 10.4 Å². The third-order valence-electron chi connectivity index (χ3n) is 2.13. The molecule has 0 radical (unpaired) electrons. The van der Waals surface area contributed by atoms with Gasteiger partial charge in [-0.25, -0.2) is 4.98 Å². The summed E-state index contributed by atoms with van der Waals surface area (Å²) in [6.07, 6.45) is 1.92. The van der Waals surface area contributed by atoms with Gasteiger partial charge < -0.3 is 5.32 Å². The highest BCUT2D eigenvalue weighted by atomic mass is 32.1. The smallest absolute Gasteiger partial charge is 0.182 e. The van der Waals surface area contributed by atoms with Gasteiger partial charge in [-0.3, -0.25) is 0 Å². The van der Waals surface area contributed by atoms with Crippen LogP contribution in [0.1, 0.15) is 5.56 Å². The second kappa shape index (κ2) is 3.80. The van der Waals surface area contributed by atoms with E-state index in [9.17, 15) is 0 Å². The van der Waals surface area contributed by atoms with E-state index in [0.29, 0.717) is 0 Å². The Bertz CT molecular complexity index is 434. The zero-order valence-electron chi connectivity index (χ0n) is 8.24. The lowest BCUT2D eigenvalue weighted by Gasteiger charge is -2.00. The molecule has 0 aliphatic carbocycles. The van der Waals surface area contributed by atoms with Crippen LogP contribution in [0.15, 0.2) is 30.5 Å². The topological polar surface area (TPSA) is 24.9 Å². The SMILES string of the molecule is CNc1ncc(-c2ccccc2C)s1. The van der Waals surface area contributed by atoms with Crippen LogP contribution in [-0.4, -0.2) is 12.0 Å². The molecule has 1 aromatic carbocycles. The Morgan fingerprint density at radius 3 is 2.71 bits per heavy atom. The van der Waals surface area contributed by atoms with Crippen molar-refractivity contribution in [1.29, 1.82) is 0 Å². The molecule has 14 heavy (non-hydrogen) atoms. The highest BCUT2D eigenvalue weighted by molar-refractivity contribution is 7.18. The van der Waals surface area contributed by atoms with Gasteiger partial charge in [-0.2, -0.15) is 0 Å². The van der Waals surface area contributed by atoms with E-state index in [-0.39, 0.29) is 0 Å². The number of nitrogens with one attached hydrogen (secondary N) is 1. The second-order valence-electron chi connectivity index (χ2n) is 3.09. The van der Waals surface area contributed by atoms with Crippen molar-refractivity contribution in [3.63, 3.8) is 0 Å². The second-order valence-corrected chi connectivity index (χ2v) is 4.13. The zero-order chi connectivity index (χ0) is 9.97. The van der Waals surface area contributed by atoms with Crippen molar-refractivity contribution in [2.45, 2.75) is 6.92 Å². The largest absolute Gasteiger partial charge is 0.365 e. The van der Waals surface area contributed by atoms with Crippen LogP contribution in [0, 0.1) is 6.92 Å². The molecule has 0 fully saturated rings. The summed E-state index contributed by atoms with van der Waals surface area (Å²) in [5.74, 6) is 0. The van der Waals surface area contributed by atoms with Gasteiger partial charge in [0.15, 0.2) is 5.13 Å². The maximum atomic E-state index is 4.26. The van der Waals surface area contributed by atoms with Crippen LogP contribution in [0.4, 0.5) is 5.13 Å². The molecule has 72 valence electrons. The summed E-state index contributed by atoms with van der Waals surface area (Å²) in [5.41, 5.74) is 2.56. The summed E-state index contributed by atoms with van der Waals surface area (Å²) in [6.45, 7) is 2.12. The van der Waals surface area contributed by atoms with Gasteiger partial charge in [0, 0.05) is 13.2 Å². The number of rotatable bonds is 2. The highest BCUT2D eigenvalue weighted by Crippen LogP contribution is 2.30.